The second kappa shape index (κ2) is 25.8. The van der Waals surface area contributed by atoms with Crippen molar-refractivity contribution >= 4 is 27.7 Å². The van der Waals surface area contributed by atoms with Crippen LogP contribution < -0.4 is 28.4 Å². The first-order chi connectivity index (χ1) is 30.4. The van der Waals surface area contributed by atoms with Crippen molar-refractivity contribution in [3.63, 3.8) is 0 Å². The molecule has 0 aliphatic rings. The predicted octanol–water partition coefficient (Wildman–Crippen LogP) is 4.42. The lowest BCUT2D eigenvalue weighted by atomic mass is 10.3. The molecule has 1 amide bonds. The van der Waals surface area contributed by atoms with Gasteiger partial charge in [-0.2, -0.15) is 0 Å². The SMILES string of the molecule is C#CCOc1cccc(OCC(COc2ccc(S(=O)(=O)c3ccc(OCC(COc4cccc(OCC#C)c4)OC(=O)COCC(=O)N(C)C)cc3)cc2)OC(=O)COCC)c1. The van der Waals surface area contributed by atoms with Gasteiger partial charge in [0, 0.05) is 32.8 Å². The van der Waals surface area contributed by atoms with Gasteiger partial charge in [-0.15, -0.1) is 12.8 Å². The van der Waals surface area contributed by atoms with Gasteiger partial charge in [-0.1, -0.05) is 24.0 Å². The van der Waals surface area contributed by atoms with Crippen LogP contribution in [0.2, 0.25) is 0 Å². The van der Waals surface area contributed by atoms with Crippen molar-refractivity contribution in [1.82, 2.24) is 4.90 Å². The van der Waals surface area contributed by atoms with Gasteiger partial charge in [0.1, 0.15) is 94.0 Å². The summed E-state index contributed by atoms with van der Waals surface area (Å²) in [6.45, 7) is 0.636. The summed E-state index contributed by atoms with van der Waals surface area (Å²) in [6.07, 6.45) is 8.74. The Kier molecular flexibility index (Phi) is 19.9. The molecule has 0 heterocycles. The van der Waals surface area contributed by atoms with Gasteiger partial charge < -0.3 is 52.3 Å². The summed E-state index contributed by atoms with van der Waals surface area (Å²) >= 11 is 0. The zero-order chi connectivity index (χ0) is 45.5. The minimum Gasteiger partial charge on any atom is -0.490 e. The van der Waals surface area contributed by atoms with E-state index in [0.29, 0.717) is 35.4 Å². The van der Waals surface area contributed by atoms with E-state index in [9.17, 15) is 22.8 Å². The zero-order valence-corrected chi connectivity index (χ0v) is 35.9. The fourth-order valence-electron chi connectivity index (χ4n) is 5.09. The zero-order valence-electron chi connectivity index (χ0n) is 35.1. The fourth-order valence-corrected chi connectivity index (χ4v) is 6.35. The van der Waals surface area contributed by atoms with Crippen molar-refractivity contribution in [3.05, 3.63) is 97.1 Å². The van der Waals surface area contributed by atoms with E-state index < -0.39 is 40.6 Å². The second-order valence-electron chi connectivity index (χ2n) is 13.3. The fraction of sp³-hybridized carbons (Fsp3) is 0.326. The van der Waals surface area contributed by atoms with Crippen LogP contribution in [0.25, 0.3) is 0 Å². The highest BCUT2D eigenvalue weighted by Crippen LogP contribution is 2.26. The normalized spacial score (nSPS) is 11.7. The van der Waals surface area contributed by atoms with E-state index in [1.165, 1.54) is 53.4 Å². The number of hydrogen-bond acceptors (Lipinski definition) is 15. The van der Waals surface area contributed by atoms with Crippen LogP contribution >= 0.6 is 0 Å². The number of rotatable bonds is 27. The van der Waals surface area contributed by atoms with Crippen LogP contribution in [0, 0.1) is 24.7 Å². The molecular formula is C46H49NO15S. The van der Waals surface area contributed by atoms with Gasteiger partial charge in [0.05, 0.1) is 9.79 Å². The molecule has 0 radical (unpaired) electrons. The van der Waals surface area contributed by atoms with Crippen molar-refractivity contribution < 1.29 is 70.2 Å². The molecule has 2 atom stereocenters. The molecule has 0 aliphatic heterocycles. The molecule has 16 nitrogen and oxygen atoms in total. The van der Waals surface area contributed by atoms with Crippen LogP contribution in [0.5, 0.6) is 34.5 Å². The minimum absolute atomic E-state index is 0.00846. The first-order valence-electron chi connectivity index (χ1n) is 19.4. The van der Waals surface area contributed by atoms with Crippen molar-refractivity contribution in [2.24, 2.45) is 0 Å². The first-order valence-corrected chi connectivity index (χ1v) is 20.9. The van der Waals surface area contributed by atoms with Crippen molar-refractivity contribution in [2.75, 3.05) is 80.2 Å². The molecule has 0 spiro atoms. The molecule has 0 aromatic heterocycles. The highest BCUT2D eigenvalue weighted by atomic mass is 32.2. The molecule has 4 rings (SSSR count). The molecule has 0 saturated carbocycles. The number of esters is 2. The Morgan fingerprint density at radius 3 is 1.32 bits per heavy atom. The third-order valence-corrected chi connectivity index (χ3v) is 10.0. The highest BCUT2D eigenvalue weighted by Gasteiger charge is 2.22. The number of sulfone groups is 1. The molecule has 0 saturated heterocycles. The summed E-state index contributed by atoms with van der Waals surface area (Å²) in [5.74, 6) is 5.50. The Bertz CT molecular complexity index is 2270. The van der Waals surface area contributed by atoms with Gasteiger partial charge in [0.2, 0.25) is 15.7 Å². The van der Waals surface area contributed by atoms with E-state index in [-0.39, 0.29) is 74.3 Å². The smallest absolute Gasteiger partial charge is 0.332 e. The minimum atomic E-state index is -3.98. The number of amides is 1. The first kappa shape index (κ1) is 48.7. The van der Waals surface area contributed by atoms with Crippen LogP contribution in [0.4, 0.5) is 0 Å². The Morgan fingerprint density at radius 1 is 0.556 bits per heavy atom. The number of hydrogen-bond donors (Lipinski definition) is 0. The Balaban J connectivity index is 1.36. The molecule has 17 heteroatoms. The van der Waals surface area contributed by atoms with Gasteiger partial charge in [0.15, 0.2) is 12.2 Å². The summed E-state index contributed by atoms with van der Waals surface area (Å²) in [5, 5.41) is 0. The van der Waals surface area contributed by atoms with Crippen LogP contribution in [0.1, 0.15) is 6.92 Å². The lowest BCUT2D eigenvalue weighted by Crippen LogP contribution is -2.33. The van der Waals surface area contributed by atoms with Crippen molar-refractivity contribution in [3.8, 4) is 59.2 Å². The lowest BCUT2D eigenvalue weighted by Gasteiger charge is -2.20. The monoisotopic (exact) mass is 887 g/mol. The maximum atomic E-state index is 13.6. The quantitative estimate of drug-likeness (QED) is 0.0606. The van der Waals surface area contributed by atoms with Gasteiger partial charge in [-0.05, 0) is 79.7 Å². The lowest BCUT2D eigenvalue weighted by molar-refractivity contribution is -0.159. The molecule has 0 N–H and O–H groups in total. The molecule has 4 aromatic rings. The summed E-state index contributed by atoms with van der Waals surface area (Å²) in [6, 6.07) is 24.9. The summed E-state index contributed by atoms with van der Waals surface area (Å²) in [5.41, 5.74) is 0. The maximum absolute atomic E-state index is 13.6. The average Bonchev–Trinajstić information content (AvgIpc) is 3.29. The predicted molar refractivity (Wildman–Crippen MR) is 228 cm³/mol. The summed E-state index contributed by atoms with van der Waals surface area (Å²) in [7, 11) is -0.861. The standard InChI is InChI=1S/C46H49NO15S/c1-6-23-55-36-11-9-13-38(25-36)59-29-40(61-45(49)32-53-8-3)27-57-34-15-19-42(20-16-34)63(51,52)43-21-17-35(18-22-43)58-28-41(62-46(50)33-54-31-44(48)47(4)5)30-60-39-14-10-12-37(26-39)56-24-7-2/h1-2,9-22,25-26,40-41H,8,23-24,27-33H2,3-5H3. The van der Waals surface area contributed by atoms with Crippen molar-refractivity contribution in [1.29, 1.82) is 0 Å². The van der Waals surface area contributed by atoms with Crippen LogP contribution in [0.3, 0.4) is 0 Å². The number of ether oxygens (including phenoxy) is 10. The number of carbonyl (C=O) groups excluding carboxylic acids is 3. The molecule has 0 fully saturated rings. The molecule has 0 bridgehead atoms. The Morgan fingerprint density at radius 2 is 0.937 bits per heavy atom. The van der Waals surface area contributed by atoms with Gasteiger partial charge in [0.25, 0.3) is 0 Å². The van der Waals surface area contributed by atoms with E-state index >= 15 is 0 Å². The molecule has 2 unspecified atom stereocenters. The molecular weight excluding hydrogens is 839 g/mol. The van der Waals surface area contributed by atoms with E-state index in [2.05, 4.69) is 11.8 Å². The number of nitrogens with zero attached hydrogens (tertiary/aromatic N) is 1. The average molecular weight is 888 g/mol. The number of likely N-dealkylation sites (N-methyl/N-ethyl adjacent to an activating group) is 1. The van der Waals surface area contributed by atoms with E-state index in [1.54, 1.807) is 69.6 Å². The van der Waals surface area contributed by atoms with Crippen LogP contribution in [-0.4, -0.2) is 124 Å². The van der Waals surface area contributed by atoms with Crippen LogP contribution in [-0.2, 0) is 43.2 Å². The maximum Gasteiger partial charge on any atom is 0.332 e. The van der Waals surface area contributed by atoms with Crippen molar-refractivity contribution in [2.45, 2.75) is 28.9 Å². The molecule has 0 aliphatic carbocycles. The van der Waals surface area contributed by atoms with E-state index in [4.69, 9.17) is 60.2 Å². The Hall–Kier alpha value is -6.92. The molecule has 334 valence electrons. The van der Waals surface area contributed by atoms with Crippen LogP contribution in [0.15, 0.2) is 107 Å². The van der Waals surface area contributed by atoms with Gasteiger partial charge in [-0.3, -0.25) is 4.79 Å². The number of terminal acetylenes is 2. The number of carbonyl (C=O) groups is 3. The largest absolute Gasteiger partial charge is 0.490 e. The third-order valence-electron chi connectivity index (χ3n) is 8.23. The summed E-state index contributed by atoms with van der Waals surface area (Å²) < 4.78 is 82.9. The summed E-state index contributed by atoms with van der Waals surface area (Å²) in [4.78, 5) is 38.1. The highest BCUT2D eigenvalue weighted by molar-refractivity contribution is 7.91. The van der Waals surface area contributed by atoms with E-state index in [0.717, 1.165) is 0 Å². The third kappa shape index (κ3) is 17.2. The molecule has 4 aromatic carbocycles. The van der Waals surface area contributed by atoms with E-state index in [1.807, 2.05) is 0 Å². The second-order valence-corrected chi connectivity index (χ2v) is 15.2. The Labute approximate surface area is 367 Å². The van der Waals surface area contributed by atoms with Gasteiger partial charge in [-0.25, -0.2) is 18.0 Å². The molecule has 63 heavy (non-hydrogen) atoms. The number of benzene rings is 4. The topological polar surface area (TPSA) is 181 Å². The van der Waals surface area contributed by atoms with Gasteiger partial charge >= 0.3 is 11.9 Å².